The molecule has 20 heavy (non-hydrogen) atoms. The average Bonchev–Trinajstić information content (AvgIpc) is 2.80. The van der Waals surface area contributed by atoms with E-state index in [9.17, 15) is 0 Å². The molecule has 0 aromatic rings. The van der Waals surface area contributed by atoms with Crippen LogP contribution in [0.5, 0.6) is 0 Å². The van der Waals surface area contributed by atoms with E-state index < -0.39 is 5.79 Å². The first-order chi connectivity index (χ1) is 9.12. The van der Waals surface area contributed by atoms with Crippen molar-refractivity contribution < 1.29 is 9.47 Å². The minimum Gasteiger partial charge on any atom is -0.344 e. The first kappa shape index (κ1) is 13.6. The van der Waals surface area contributed by atoms with Crippen LogP contribution in [0, 0.1) is 28.6 Å². The maximum absolute atomic E-state index is 6.48. The molecule has 2 nitrogen and oxygen atoms in total. The second kappa shape index (κ2) is 3.46. The van der Waals surface area contributed by atoms with Crippen LogP contribution < -0.4 is 0 Å². The highest BCUT2D eigenvalue weighted by atomic mass is 16.8. The Morgan fingerprint density at radius 1 is 0.900 bits per heavy atom. The van der Waals surface area contributed by atoms with Gasteiger partial charge in [-0.2, -0.15) is 0 Å². The number of hydrogen-bond acceptors (Lipinski definition) is 2. The summed E-state index contributed by atoms with van der Waals surface area (Å²) in [5.74, 6) is 1.96. The molecule has 0 aromatic heterocycles. The summed E-state index contributed by atoms with van der Waals surface area (Å²) < 4.78 is 12.8. The molecule has 4 rings (SSSR count). The van der Waals surface area contributed by atoms with Crippen molar-refractivity contribution in [2.75, 3.05) is 0 Å². The third-order valence-corrected chi connectivity index (χ3v) is 7.73. The molecular formula is C18H30O2. The Balaban J connectivity index is 1.82. The predicted octanol–water partition coefficient (Wildman–Crippen LogP) is 4.38. The maximum Gasteiger partial charge on any atom is 0.164 e. The van der Waals surface area contributed by atoms with E-state index in [1.54, 1.807) is 0 Å². The highest BCUT2D eigenvalue weighted by Crippen LogP contribution is 2.75. The molecule has 1 heterocycles. The van der Waals surface area contributed by atoms with Crippen molar-refractivity contribution in [3.05, 3.63) is 0 Å². The van der Waals surface area contributed by atoms with Crippen molar-refractivity contribution in [2.24, 2.45) is 28.6 Å². The van der Waals surface area contributed by atoms with Crippen molar-refractivity contribution in [2.45, 2.75) is 84.7 Å². The molecule has 1 spiro atoms. The molecule has 1 aliphatic heterocycles. The summed E-state index contributed by atoms with van der Waals surface area (Å²) in [5.41, 5.74) is 0.836. The average molecular weight is 278 g/mol. The largest absolute Gasteiger partial charge is 0.344 e. The summed E-state index contributed by atoms with van der Waals surface area (Å²) in [6.07, 6.45) is 5.70. The molecule has 4 aliphatic rings. The summed E-state index contributed by atoms with van der Waals surface area (Å²) in [4.78, 5) is 0. The lowest BCUT2D eigenvalue weighted by Gasteiger charge is -2.47. The van der Waals surface area contributed by atoms with Crippen LogP contribution in [0.2, 0.25) is 0 Å². The summed E-state index contributed by atoms with van der Waals surface area (Å²) in [6.45, 7) is 14.0. The Labute approximate surface area is 123 Å². The summed E-state index contributed by atoms with van der Waals surface area (Å²) in [7, 11) is 0. The molecular weight excluding hydrogens is 248 g/mol. The van der Waals surface area contributed by atoms with Gasteiger partial charge in [0.05, 0.1) is 11.7 Å². The van der Waals surface area contributed by atoms with Gasteiger partial charge in [0, 0.05) is 0 Å². The van der Waals surface area contributed by atoms with E-state index in [2.05, 4.69) is 41.5 Å². The van der Waals surface area contributed by atoms with Gasteiger partial charge in [0.2, 0.25) is 0 Å². The Hall–Kier alpha value is -0.0800. The highest BCUT2D eigenvalue weighted by Gasteiger charge is 2.73. The standard InChI is InChI=1S/C18H30O2/c1-11-7-8-12-15(2,3)13-9-18(11,12)10-14-17(13,6)20-16(4,5)19-14/h11-14H,7-10H2,1-6H3/t11-,12-,13+,14+,17+,18+/m0/s1. The maximum atomic E-state index is 6.48. The monoisotopic (exact) mass is 278 g/mol. The van der Waals surface area contributed by atoms with Crippen molar-refractivity contribution in [3.63, 3.8) is 0 Å². The zero-order chi connectivity index (χ0) is 14.6. The second-order valence-electron chi connectivity index (χ2n) is 9.34. The lowest BCUT2D eigenvalue weighted by molar-refractivity contribution is -0.177. The zero-order valence-corrected chi connectivity index (χ0v) is 14.0. The Bertz CT molecular complexity index is 454. The van der Waals surface area contributed by atoms with Crippen molar-refractivity contribution in [1.29, 1.82) is 0 Å². The van der Waals surface area contributed by atoms with Crippen LogP contribution in [0.25, 0.3) is 0 Å². The minimum atomic E-state index is -0.409. The van der Waals surface area contributed by atoms with Gasteiger partial charge < -0.3 is 9.47 Å². The van der Waals surface area contributed by atoms with Gasteiger partial charge in [-0.3, -0.25) is 0 Å². The van der Waals surface area contributed by atoms with Gasteiger partial charge in [-0.1, -0.05) is 20.8 Å². The molecule has 6 atom stereocenters. The van der Waals surface area contributed by atoms with Crippen LogP contribution in [0.1, 0.15) is 67.2 Å². The molecule has 114 valence electrons. The van der Waals surface area contributed by atoms with Crippen LogP contribution in [-0.4, -0.2) is 17.5 Å². The quantitative estimate of drug-likeness (QED) is 0.654. The molecule has 0 unspecified atom stereocenters. The molecule has 3 aliphatic carbocycles. The van der Waals surface area contributed by atoms with E-state index in [-0.39, 0.29) is 5.60 Å². The van der Waals surface area contributed by atoms with Crippen LogP contribution in [-0.2, 0) is 9.47 Å². The molecule has 0 amide bonds. The third-order valence-electron chi connectivity index (χ3n) is 7.73. The predicted molar refractivity (Wildman–Crippen MR) is 79.3 cm³/mol. The molecule has 2 bridgehead atoms. The minimum absolute atomic E-state index is 0.0810. The normalized spacial score (nSPS) is 58.5. The summed E-state index contributed by atoms with van der Waals surface area (Å²) >= 11 is 0. The smallest absolute Gasteiger partial charge is 0.164 e. The van der Waals surface area contributed by atoms with Gasteiger partial charge in [-0.05, 0) is 75.0 Å². The zero-order valence-electron chi connectivity index (χ0n) is 14.0. The topological polar surface area (TPSA) is 18.5 Å². The van der Waals surface area contributed by atoms with E-state index in [4.69, 9.17) is 9.47 Å². The molecule has 2 heteroatoms. The Morgan fingerprint density at radius 3 is 2.30 bits per heavy atom. The van der Waals surface area contributed by atoms with Crippen molar-refractivity contribution >= 4 is 0 Å². The molecule has 4 fully saturated rings. The fourth-order valence-electron chi connectivity index (χ4n) is 7.01. The van der Waals surface area contributed by atoms with Gasteiger partial charge in [-0.25, -0.2) is 0 Å². The van der Waals surface area contributed by atoms with E-state index in [0.29, 0.717) is 22.9 Å². The molecule has 0 radical (unpaired) electrons. The SMILES string of the molecule is C[C@H]1CC[C@H]2C(C)(C)[C@H]3C[C@@]12C[C@H]1OC(C)(C)O[C@]31C. The fraction of sp³-hybridized carbons (Fsp3) is 1.00. The summed E-state index contributed by atoms with van der Waals surface area (Å²) in [5, 5.41) is 0. The van der Waals surface area contributed by atoms with Crippen LogP contribution >= 0.6 is 0 Å². The van der Waals surface area contributed by atoms with E-state index >= 15 is 0 Å². The van der Waals surface area contributed by atoms with E-state index in [1.165, 1.54) is 25.7 Å². The lowest BCUT2D eigenvalue weighted by atomic mass is 9.63. The second-order valence-corrected chi connectivity index (χ2v) is 9.34. The molecule has 3 saturated carbocycles. The first-order valence-corrected chi connectivity index (χ1v) is 8.50. The summed E-state index contributed by atoms with van der Waals surface area (Å²) in [6, 6.07) is 0. The number of hydrogen-bond donors (Lipinski definition) is 0. The van der Waals surface area contributed by atoms with Gasteiger partial charge in [0.1, 0.15) is 0 Å². The molecule has 0 N–H and O–H groups in total. The lowest BCUT2D eigenvalue weighted by Crippen LogP contribution is -2.52. The van der Waals surface area contributed by atoms with Crippen LogP contribution in [0.3, 0.4) is 0 Å². The fourth-order valence-corrected chi connectivity index (χ4v) is 7.01. The Kier molecular flexibility index (Phi) is 2.35. The number of ether oxygens (including phenoxy) is 2. The molecule has 0 aromatic carbocycles. The van der Waals surface area contributed by atoms with Crippen molar-refractivity contribution in [3.8, 4) is 0 Å². The number of fused-ring (bicyclic) bond motifs is 3. The Morgan fingerprint density at radius 2 is 1.60 bits per heavy atom. The first-order valence-electron chi connectivity index (χ1n) is 8.50. The molecule has 1 saturated heterocycles. The third kappa shape index (κ3) is 1.34. The van der Waals surface area contributed by atoms with Gasteiger partial charge in [0.25, 0.3) is 0 Å². The van der Waals surface area contributed by atoms with Crippen LogP contribution in [0.15, 0.2) is 0 Å². The highest BCUT2D eigenvalue weighted by molar-refractivity contribution is 5.21. The van der Waals surface area contributed by atoms with Crippen LogP contribution in [0.4, 0.5) is 0 Å². The number of rotatable bonds is 0. The van der Waals surface area contributed by atoms with E-state index in [0.717, 1.165) is 11.8 Å². The van der Waals surface area contributed by atoms with E-state index in [1.807, 2.05) is 0 Å². The van der Waals surface area contributed by atoms with Gasteiger partial charge >= 0.3 is 0 Å². The van der Waals surface area contributed by atoms with Crippen molar-refractivity contribution in [1.82, 2.24) is 0 Å². The van der Waals surface area contributed by atoms with Gasteiger partial charge in [0.15, 0.2) is 5.79 Å². The van der Waals surface area contributed by atoms with Gasteiger partial charge in [-0.15, -0.1) is 0 Å².